The quantitative estimate of drug-likeness (QED) is 0.352. The molecule has 0 aliphatic heterocycles. The number of aromatic nitrogens is 1. The highest BCUT2D eigenvalue weighted by molar-refractivity contribution is 6.33. The van der Waals surface area contributed by atoms with Crippen molar-refractivity contribution in [3.8, 4) is 0 Å². The summed E-state index contributed by atoms with van der Waals surface area (Å²) in [6, 6.07) is 13.8. The number of H-pyrrole nitrogens is 1. The fourth-order valence-electron chi connectivity index (χ4n) is 3.10. The van der Waals surface area contributed by atoms with Crippen molar-refractivity contribution in [1.82, 2.24) is 15.6 Å². The number of carbonyl (C=O) groups is 1. The van der Waals surface area contributed by atoms with Crippen LogP contribution in [0.5, 0.6) is 0 Å². The van der Waals surface area contributed by atoms with E-state index in [4.69, 9.17) is 11.6 Å². The second-order valence-corrected chi connectivity index (χ2v) is 7.22. The lowest BCUT2D eigenvalue weighted by atomic mass is 10.1. The van der Waals surface area contributed by atoms with Crippen LogP contribution >= 0.6 is 11.6 Å². The van der Waals surface area contributed by atoms with Gasteiger partial charge in [0, 0.05) is 43.7 Å². The minimum absolute atomic E-state index is 0.0995. The van der Waals surface area contributed by atoms with Crippen LogP contribution in [0.15, 0.2) is 53.7 Å². The Morgan fingerprint density at radius 1 is 1.14 bits per heavy atom. The molecule has 2 aromatic carbocycles. The molecule has 0 aliphatic rings. The molecule has 7 heteroatoms. The van der Waals surface area contributed by atoms with Gasteiger partial charge in [0.05, 0.1) is 10.7 Å². The van der Waals surface area contributed by atoms with Gasteiger partial charge in [0.15, 0.2) is 5.96 Å². The molecule has 1 amide bonds. The van der Waals surface area contributed by atoms with Crippen LogP contribution in [-0.2, 0) is 11.2 Å². The average Bonchev–Trinajstić information content (AvgIpc) is 3.12. The third-order valence-corrected chi connectivity index (χ3v) is 4.94. The Morgan fingerprint density at radius 3 is 2.72 bits per heavy atom. The van der Waals surface area contributed by atoms with Gasteiger partial charge in [-0.1, -0.05) is 35.9 Å². The maximum Gasteiger partial charge on any atom is 0.226 e. The molecule has 0 spiro atoms. The summed E-state index contributed by atoms with van der Waals surface area (Å²) < 4.78 is 0. The van der Waals surface area contributed by atoms with Gasteiger partial charge in [-0.05, 0) is 42.7 Å². The normalized spacial score (nSPS) is 11.5. The first-order valence-corrected chi connectivity index (χ1v) is 10.00. The minimum Gasteiger partial charge on any atom is -0.361 e. The smallest absolute Gasteiger partial charge is 0.226 e. The Kier molecular flexibility index (Phi) is 7.14. The third kappa shape index (κ3) is 5.74. The van der Waals surface area contributed by atoms with Crippen LogP contribution in [0, 0.1) is 6.92 Å². The van der Waals surface area contributed by atoms with Crippen molar-refractivity contribution < 1.29 is 4.79 Å². The topological polar surface area (TPSA) is 81.3 Å². The molecule has 6 nitrogen and oxygen atoms in total. The lowest BCUT2D eigenvalue weighted by Crippen LogP contribution is -2.39. The first kappa shape index (κ1) is 20.7. The zero-order chi connectivity index (χ0) is 20.6. The van der Waals surface area contributed by atoms with Crippen LogP contribution in [0.2, 0.25) is 5.02 Å². The summed E-state index contributed by atoms with van der Waals surface area (Å²) in [5, 5.41) is 11.1. The van der Waals surface area contributed by atoms with Gasteiger partial charge in [-0.3, -0.25) is 9.79 Å². The number of amides is 1. The van der Waals surface area contributed by atoms with Crippen LogP contribution in [-0.4, -0.2) is 37.0 Å². The Balaban J connectivity index is 1.40. The standard InChI is InChI=1S/C22H26ClN5O/c1-15-7-8-20(18(23)13-15)28-21(29)10-12-26-22(24-2)25-11-9-16-14-27-19-6-4-3-5-17(16)19/h3-8,13-14,27H,9-12H2,1-2H3,(H,28,29)(H2,24,25,26). The number of hydrogen-bond acceptors (Lipinski definition) is 2. The molecule has 0 saturated carbocycles. The molecule has 1 aromatic heterocycles. The highest BCUT2D eigenvalue weighted by Crippen LogP contribution is 2.22. The van der Waals surface area contributed by atoms with Crippen LogP contribution in [0.25, 0.3) is 10.9 Å². The Morgan fingerprint density at radius 2 is 1.93 bits per heavy atom. The van der Waals surface area contributed by atoms with Crippen molar-refractivity contribution in [2.75, 3.05) is 25.5 Å². The number of carbonyl (C=O) groups excluding carboxylic acids is 1. The second-order valence-electron chi connectivity index (χ2n) is 6.82. The average molecular weight is 412 g/mol. The zero-order valence-electron chi connectivity index (χ0n) is 16.7. The van der Waals surface area contributed by atoms with Crippen LogP contribution in [0.3, 0.4) is 0 Å². The summed E-state index contributed by atoms with van der Waals surface area (Å²) in [5.74, 6) is 0.573. The molecular weight excluding hydrogens is 386 g/mol. The minimum atomic E-state index is -0.0995. The van der Waals surface area contributed by atoms with E-state index in [2.05, 4.69) is 38.1 Å². The van der Waals surface area contributed by atoms with Crippen LogP contribution in [0.1, 0.15) is 17.5 Å². The highest BCUT2D eigenvalue weighted by Gasteiger charge is 2.07. The SMILES string of the molecule is CN=C(NCCC(=O)Nc1ccc(C)cc1Cl)NCCc1c[nH]c2ccccc12. The molecular formula is C22H26ClN5O. The summed E-state index contributed by atoms with van der Waals surface area (Å²) in [5.41, 5.74) is 4.09. The largest absolute Gasteiger partial charge is 0.361 e. The van der Waals surface area contributed by atoms with Crippen LogP contribution in [0.4, 0.5) is 5.69 Å². The van der Waals surface area contributed by atoms with E-state index in [0.717, 1.165) is 24.0 Å². The Labute approximate surface area is 175 Å². The van der Waals surface area contributed by atoms with E-state index >= 15 is 0 Å². The van der Waals surface area contributed by atoms with Crippen molar-refractivity contribution in [3.05, 3.63) is 64.8 Å². The molecule has 3 aromatic rings. The molecule has 29 heavy (non-hydrogen) atoms. The molecule has 0 atom stereocenters. The van der Waals surface area contributed by atoms with Gasteiger partial charge in [-0.15, -0.1) is 0 Å². The predicted octanol–water partition coefficient (Wildman–Crippen LogP) is 3.87. The first-order valence-electron chi connectivity index (χ1n) is 9.62. The van der Waals surface area contributed by atoms with Crippen molar-refractivity contribution in [2.45, 2.75) is 19.8 Å². The number of aromatic amines is 1. The van der Waals surface area contributed by atoms with E-state index in [1.807, 2.05) is 43.5 Å². The highest BCUT2D eigenvalue weighted by atomic mass is 35.5. The Bertz CT molecular complexity index is 1010. The van der Waals surface area contributed by atoms with Gasteiger partial charge in [0.25, 0.3) is 0 Å². The zero-order valence-corrected chi connectivity index (χ0v) is 17.4. The van der Waals surface area contributed by atoms with Gasteiger partial charge in [-0.25, -0.2) is 0 Å². The van der Waals surface area contributed by atoms with Crippen molar-refractivity contribution in [2.24, 2.45) is 4.99 Å². The molecule has 0 aliphatic carbocycles. The van der Waals surface area contributed by atoms with E-state index < -0.39 is 0 Å². The molecule has 0 fully saturated rings. The van der Waals surface area contributed by atoms with E-state index in [1.165, 1.54) is 10.9 Å². The number of hydrogen-bond donors (Lipinski definition) is 4. The molecule has 4 N–H and O–H groups in total. The molecule has 3 rings (SSSR count). The van der Waals surface area contributed by atoms with Crippen molar-refractivity contribution in [1.29, 1.82) is 0 Å². The number of para-hydroxylation sites is 1. The molecule has 0 unspecified atom stereocenters. The monoisotopic (exact) mass is 411 g/mol. The molecule has 0 bridgehead atoms. The number of nitrogens with zero attached hydrogens (tertiary/aromatic N) is 1. The summed E-state index contributed by atoms with van der Waals surface area (Å²) >= 11 is 6.15. The van der Waals surface area contributed by atoms with Gasteiger partial charge in [-0.2, -0.15) is 0 Å². The van der Waals surface area contributed by atoms with E-state index in [0.29, 0.717) is 29.6 Å². The number of fused-ring (bicyclic) bond motifs is 1. The van der Waals surface area contributed by atoms with Gasteiger partial charge in [0.1, 0.15) is 0 Å². The number of aryl methyl sites for hydroxylation is 1. The third-order valence-electron chi connectivity index (χ3n) is 4.63. The lowest BCUT2D eigenvalue weighted by Gasteiger charge is -2.12. The maximum absolute atomic E-state index is 12.1. The first-order chi connectivity index (χ1) is 14.1. The maximum atomic E-state index is 12.1. The lowest BCUT2D eigenvalue weighted by molar-refractivity contribution is -0.116. The van der Waals surface area contributed by atoms with Gasteiger partial charge >= 0.3 is 0 Å². The van der Waals surface area contributed by atoms with E-state index in [1.54, 1.807) is 7.05 Å². The summed E-state index contributed by atoms with van der Waals surface area (Å²) in [7, 11) is 1.72. The number of benzene rings is 2. The second kappa shape index (κ2) is 9.98. The number of rotatable bonds is 7. The number of halogens is 1. The molecule has 0 saturated heterocycles. The number of guanidine groups is 1. The summed E-state index contributed by atoms with van der Waals surface area (Å²) in [6.07, 6.45) is 3.23. The number of anilines is 1. The predicted molar refractivity (Wildman–Crippen MR) is 121 cm³/mol. The fourth-order valence-corrected chi connectivity index (χ4v) is 3.39. The van der Waals surface area contributed by atoms with Gasteiger partial charge in [0.2, 0.25) is 5.91 Å². The summed E-state index contributed by atoms with van der Waals surface area (Å²) in [4.78, 5) is 19.6. The summed E-state index contributed by atoms with van der Waals surface area (Å²) in [6.45, 7) is 3.17. The fraction of sp³-hybridized carbons (Fsp3) is 0.273. The van der Waals surface area contributed by atoms with Crippen LogP contribution < -0.4 is 16.0 Å². The number of aliphatic imine (C=N–C) groups is 1. The Hall–Kier alpha value is -2.99. The number of nitrogens with one attached hydrogen (secondary N) is 4. The van der Waals surface area contributed by atoms with E-state index in [-0.39, 0.29) is 5.91 Å². The molecule has 0 radical (unpaired) electrons. The van der Waals surface area contributed by atoms with E-state index in [9.17, 15) is 4.79 Å². The van der Waals surface area contributed by atoms with Crippen molar-refractivity contribution >= 4 is 40.1 Å². The molecule has 152 valence electrons. The molecule has 1 heterocycles. The van der Waals surface area contributed by atoms with Crippen molar-refractivity contribution in [3.63, 3.8) is 0 Å². The van der Waals surface area contributed by atoms with Gasteiger partial charge < -0.3 is 20.9 Å².